The summed E-state index contributed by atoms with van der Waals surface area (Å²) in [5.74, 6) is 0. The lowest BCUT2D eigenvalue weighted by atomic mass is 10.1. The maximum atomic E-state index is 6.02. The van der Waals surface area contributed by atoms with Crippen molar-refractivity contribution in [1.82, 2.24) is 9.97 Å². The van der Waals surface area contributed by atoms with Crippen molar-refractivity contribution in [3.8, 4) is 11.3 Å². The highest BCUT2D eigenvalue weighted by atomic mass is 35.5. The second-order valence-electron chi connectivity index (χ2n) is 4.81. The van der Waals surface area contributed by atoms with Crippen LogP contribution in [0.25, 0.3) is 33.1 Å². The highest BCUT2D eigenvalue weighted by Crippen LogP contribution is 2.32. The number of halogens is 2. The fraction of sp³-hybridized carbons (Fsp3) is 0. The van der Waals surface area contributed by atoms with E-state index in [1.807, 2.05) is 42.6 Å². The highest BCUT2D eigenvalue weighted by Gasteiger charge is 2.09. The molecule has 0 amide bonds. The maximum Gasteiger partial charge on any atom is 0.0486 e. The summed E-state index contributed by atoms with van der Waals surface area (Å²) in [6.45, 7) is 0. The molecular weight excluding hydrogens is 291 g/mol. The standard InChI is InChI=1S/C16H10Cl2N2/c17-10-2-1-9-5-16(20-14(9)6-10)13-8-19-15-7-11(18)3-4-12(13)15/h1-8,19-20H. The van der Waals surface area contributed by atoms with Crippen LogP contribution in [-0.4, -0.2) is 9.97 Å². The normalized spacial score (nSPS) is 11.5. The molecule has 4 heteroatoms. The number of fused-ring (bicyclic) bond motifs is 2. The summed E-state index contributed by atoms with van der Waals surface area (Å²) in [5.41, 5.74) is 4.26. The van der Waals surface area contributed by atoms with Crippen molar-refractivity contribution in [2.24, 2.45) is 0 Å². The van der Waals surface area contributed by atoms with Crippen molar-refractivity contribution in [2.75, 3.05) is 0 Å². The van der Waals surface area contributed by atoms with Crippen LogP contribution in [0.4, 0.5) is 0 Å². The smallest absolute Gasteiger partial charge is 0.0486 e. The second-order valence-corrected chi connectivity index (χ2v) is 5.68. The summed E-state index contributed by atoms with van der Waals surface area (Å²) in [6.07, 6.45) is 1.99. The van der Waals surface area contributed by atoms with Crippen LogP contribution in [0.5, 0.6) is 0 Å². The van der Waals surface area contributed by atoms with Gasteiger partial charge in [-0.05, 0) is 30.3 Å². The zero-order chi connectivity index (χ0) is 13.7. The van der Waals surface area contributed by atoms with Gasteiger partial charge in [0.1, 0.15) is 0 Å². The lowest BCUT2D eigenvalue weighted by molar-refractivity contribution is 1.43. The van der Waals surface area contributed by atoms with E-state index in [1.54, 1.807) is 0 Å². The second kappa shape index (κ2) is 4.30. The molecule has 2 nitrogen and oxygen atoms in total. The molecule has 4 rings (SSSR count). The van der Waals surface area contributed by atoms with E-state index >= 15 is 0 Å². The van der Waals surface area contributed by atoms with Gasteiger partial charge in [-0.2, -0.15) is 0 Å². The third-order valence-electron chi connectivity index (χ3n) is 3.52. The number of aromatic amines is 2. The van der Waals surface area contributed by atoms with Gasteiger partial charge in [0.05, 0.1) is 0 Å². The Balaban J connectivity index is 1.96. The predicted octanol–water partition coefficient (Wildman–Crippen LogP) is 5.62. The van der Waals surface area contributed by atoms with Crippen molar-refractivity contribution >= 4 is 45.0 Å². The first-order chi connectivity index (χ1) is 9.70. The highest BCUT2D eigenvalue weighted by molar-refractivity contribution is 6.31. The Hall–Kier alpha value is -1.90. The minimum Gasteiger partial charge on any atom is -0.360 e. The average Bonchev–Trinajstić information content (AvgIpc) is 3.00. The number of hydrogen-bond acceptors (Lipinski definition) is 0. The first kappa shape index (κ1) is 11.9. The molecule has 2 aromatic carbocycles. The van der Waals surface area contributed by atoms with Gasteiger partial charge in [0.2, 0.25) is 0 Å². The van der Waals surface area contributed by atoms with Gasteiger partial charge in [-0.3, -0.25) is 0 Å². The lowest BCUT2D eigenvalue weighted by Gasteiger charge is -1.96. The number of rotatable bonds is 1. The minimum atomic E-state index is 0.731. The van der Waals surface area contributed by atoms with Crippen molar-refractivity contribution < 1.29 is 0 Å². The van der Waals surface area contributed by atoms with Gasteiger partial charge in [-0.1, -0.05) is 35.3 Å². The number of nitrogens with one attached hydrogen (secondary N) is 2. The Morgan fingerprint density at radius 3 is 2.40 bits per heavy atom. The molecule has 0 spiro atoms. The Labute approximate surface area is 125 Å². The van der Waals surface area contributed by atoms with Crippen LogP contribution in [0.15, 0.2) is 48.7 Å². The third kappa shape index (κ3) is 1.80. The van der Waals surface area contributed by atoms with E-state index in [9.17, 15) is 0 Å². The minimum absolute atomic E-state index is 0.731. The lowest BCUT2D eigenvalue weighted by Crippen LogP contribution is -1.74. The first-order valence-electron chi connectivity index (χ1n) is 6.26. The molecule has 98 valence electrons. The van der Waals surface area contributed by atoms with Crippen LogP contribution in [0.3, 0.4) is 0 Å². The molecule has 2 heterocycles. The van der Waals surface area contributed by atoms with Crippen molar-refractivity contribution in [3.05, 3.63) is 58.7 Å². The van der Waals surface area contributed by atoms with E-state index in [1.165, 1.54) is 0 Å². The van der Waals surface area contributed by atoms with Crippen LogP contribution < -0.4 is 0 Å². The zero-order valence-electron chi connectivity index (χ0n) is 10.4. The summed E-state index contributed by atoms with van der Waals surface area (Å²) in [6, 6.07) is 13.8. The van der Waals surface area contributed by atoms with Gasteiger partial charge in [0.25, 0.3) is 0 Å². The largest absolute Gasteiger partial charge is 0.360 e. The molecule has 0 aliphatic rings. The van der Waals surface area contributed by atoms with Gasteiger partial charge in [-0.25, -0.2) is 0 Å². The van der Waals surface area contributed by atoms with E-state index in [2.05, 4.69) is 16.0 Å². The number of aromatic nitrogens is 2. The van der Waals surface area contributed by atoms with Crippen LogP contribution >= 0.6 is 23.2 Å². The van der Waals surface area contributed by atoms with Gasteiger partial charge in [0.15, 0.2) is 0 Å². The molecule has 4 aromatic rings. The molecule has 0 bridgehead atoms. The fourth-order valence-corrected chi connectivity index (χ4v) is 2.91. The molecular formula is C16H10Cl2N2. The first-order valence-corrected chi connectivity index (χ1v) is 7.01. The molecule has 0 fully saturated rings. The summed E-state index contributed by atoms with van der Waals surface area (Å²) in [4.78, 5) is 6.66. The molecule has 0 saturated heterocycles. The van der Waals surface area contributed by atoms with Crippen molar-refractivity contribution in [1.29, 1.82) is 0 Å². The van der Waals surface area contributed by atoms with E-state index in [0.29, 0.717) is 0 Å². The van der Waals surface area contributed by atoms with E-state index in [-0.39, 0.29) is 0 Å². The number of benzene rings is 2. The van der Waals surface area contributed by atoms with Crippen LogP contribution in [0, 0.1) is 0 Å². The molecule has 0 atom stereocenters. The van der Waals surface area contributed by atoms with Crippen molar-refractivity contribution in [3.63, 3.8) is 0 Å². The monoisotopic (exact) mass is 300 g/mol. The Kier molecular flexibility index (Phi) is 2.56. The van der Waals surface area contributed by atoms with E-state index < -0.39 is 0 Å². The number of H-pyrrole nitrogens is 2. The van der Waals surface area contributed by atoms with Crippen molar-refractivity contribution in [2.45, 2.75) is 0 Å². The maximum absolute atomic E-state index is 6.02. The quantitative estimate of drug-likeness (QED) is 0.457. The van der Waals surface area contributed by atoms with Gasteiger partial charge in [-0.15, -0.1) is 0 Å². The van der Waals surface area contributed by atoms with Crippen LogP contribution in [0.1, 0.15) is 0 Å². The molecule has 0 aliphatic heterocycles. The summed E-state index contributed by atoms with van der Waals surface area (Å²) < 4.78 is 0. The van der Waals surface area contributed by atoms with E-state index in [4.69, 9.17) is 23.2 Å². The van der Waals surface area contributed by atoms with Crippen LogP contribution in [-0.2, 0) is 0 Å². The molecule has 20 heavy (non-hydrogen) atoms. The molecule has 0 radical (unpaired) electrons. The Bertz CT molecular complexity index is 934. The SMILES string of the molecule is Clc1ccc2cc(-c3c[nH]c4cc(Cl)ccc34)[nH]c2c1. The van der Waals surface area contributed by atoms with E-state index in [0.717, 1.165) is 43.1 Å². The molecule has 2 aromatic heterocycles. The van der Waals surface area contributed by atoms with Gasteiger partial charge < -0.3 is 9.97 Å². The third-order valence-corrected chi connectivity index (χ3v) is 3.99. The van der Waals surface area contributed by atoms with Gasteiger partial charge in [0, 0.05) is 49.3 Å². The summed E-state index contributed by atoms with van der Waals surface area (Å²) in [7, 11) is 0. The molecule has 0 unspecified atom stereocenters. The van der Waals surface area contributed by atoms with Crippen LogP contribution in [0.2, 0.25) is 10.0 Å². The summed E-state index contributed by atoms with van der Waals surface area (Å²) >= 11 is 12.0. The molecule has 0 saturated carbocycles. The van der Waals surface area contributed by atoms with Gasteiger partial charge >= 0.3 is 0 Å². The number of hydrogen-bond donors (Lipinski definition) is 2. The average molecular weight is 301 g/mol. The molecule has 0 aliphatic carbocycles. The predicted molar refractivity (Wildman–Crippen MR) is 85.6 cm³/mol. The Morgan fingerprint density at radius 1 is 0.800 bits per heavy atom. The summed E-state index contributed by atoms with van der Waals surface area (Å²) in [5, 5.41) is 3.76. The zero-order valence-corrected chi connectivity index (χ0v) is 11.9. The topological polar surface area (TPSA) is 31.6 Å². The fourth-order valence-electron chi connectivity index (χ4n) is 2.57. The molecule has 2 N–H and O–H groups in total. The Morgan fingerprint density at radius 2 is 1.55 bits per heavy atom.